The van der Waals surface area contributed by atoms with Gasteiger partial charge in [0.2, 0.25) is 11.8 Å². The Morgan fingerprint density at radius 1 is 0.766 bits per heavy atom. The average molecular weight is 651 g/mol. The topological polar surface area (TPSA) is 35.8 Å². The lowest BCUT2D eigenvalue weighted by Crippen LogP contribution is -2.40. The van der Waals surface area contributed by atoms with E-state index in [4.69, 9.17) is 9.40 Å². The van der Waals surface area contributed by atoms with Gasteiger partial charge in [-0.1, -0.05) is 73.2 Å². The number of oxazole rings is 1. The van der Waals surface area contributed by atoms with Crippen molar-refractivity contribution in [1.29, 1.82) is 0 Å². The van der Waals surface area contributed by atoms with E-state index in [1.165, 1.54) is 80.2 Å². The number of aromatic nitrogens is 1. The molecule has 47 heavy (non-hydrogen) atoms. The number of piperidine rings is 2. The zero-order valence-corrected chi connectivity index (χ0v) is 29.4. The number of likely N-dealkylation sites (tertiary alicyclic amines) is 1. The summed E-state index contributed by atoms with van der Waals surface area (Å²) in [4.78, 5) is 14.7. The second-order valence-corrected chi connectivity index (χ2v) is 15.7. The third-order valence-electron chi connectivity index (χ3n) is 11.3. The summed E-state index contributed by atoms with van der Waals surface area (Å²) in [6, 6.07) is 27.3. The van der Waals surface area contributed by atoms with Crippen LogP contribution in [0.4, 0.5) is 5.88 Å². The molecule has 2 aliphatic heterocycles. The van der Waals surface area contributed by atoms with Crippen molar-refractivity contribution >= 4 is 17.2 Å². The fourth-order valence-electron chi connectivity index (χ4n) is 8.92. The van der Waals surface area contributed by atoms with Crippen molar-refractivity contribution in [2.75, 3.05) is 45.2 Å². The van der Waals surface area contributed by atoms with Gasteiger partial charge < -0.3 is 14.2 Å². The summed E-state index contributed by atoms with van der Waals surface area (Å²) in [5.41, 5.74) is 3.91. The predicted octanol–water partition coefficient (Wildman–Crippen LogP) is 9.42. The van der Waals surface area contributed by atoms with Crippen LogP contribution in [-0.4, -0.2) is 55.1 Å². The molecule has 0 N–H and O–H groups in total. The minimum absolute atomic E-state index is 0.273. The Morgan fingerprint density at radius 2 is 1.43 bits per heavy atom. The van der Waals surface area contributed by atoms with Crippen molar-refractivity contribution in [3.05, 3.63) is 106 Å². The molecule has 0 spiro atoms. The van der Waals surface area contributed by atoms with E-state index in [1.54, 1.807) is 0 Å². The summed E-state index contributed by atoms with van der Waals surface area (Å²) in [7, 11) is 4.53. The van der Waals surface area contributed by atoms with Crippen LogP contribution in [-0.2, 0) is 12.8 Å². The number of thiophene rings is 1. The van der Waals surface area contributed by atoms with Gasteiger partial charge in [0.25, 0.3) is 0 Å². The third-order valence-corrected chi connectivity index (χ3v) is 12.3. The van der Waals surface area contributed by atoms with Gasteiger partial charge >= 0.3 is 0 Å². The zero-order valence-electron chi connectivity index (χ0n) is 28.6. The van der Waals surface area contributed by atoms with Crippen LogP contribution >= 0.6 is 11.3 Å². The highest BCUT2D eigenvalue weighted by Gasteiger charge is 2.39. The van der Waals surface area contributed by atoms with Gasteiger partial charge in [0.05, 0.1) is 6.04 Å². The van der Waals surface area contributed by atoms with Crippen molar-refractivity contribution in [3.8, 4) is 0 Å². The van der Waals surface area contributed by atoms with Crippen molar-refractivity contribution in [2.45, 2.75) is 82.7 Å². The fourth-order valence-corrected chi connectivity index (χ4v) is 9.94. The predicted molar refractivity (Wildman–Crippen MR) is 195 cm³/mol. The first-order valence-electron chi connectivity index (χ1n) is 18.4. The number of rotatable bonds is 11. The largest absolute Gasteiger partial charge is 0.423 e. The lowest BCUT2D eigenvalue weighted by molar-refractivity contribution is 0.0564. The first kappa shape index (κ1) is 32.6. The number of nitrogens with zero attached hydrogens (tertiary/aromatic N) is 4. The first-order valence-corrected chi connectivity index (χ1v) is 19.3. The SMILES string of the molecule is CN(C)C(c1cccs1)C1CCC(C(c2nc(Cc3ccccc3)c(N3CCC(Cc4ccccc4)CC3)o2)N2CCCCC2)CC1. The van der Waals surface area contributed by atoms with Crippen LogP contribution in [0.5, 0.6) is 0 Å². The third kappa shape index (κ3) is 7.87. The summed E-state index contributed by atoms with van der Waals surface area (Å²) in [5, 5.41) is 2.24. The molecule has 0 bridgehead atoms. The Hall–Kier alpha value is -2.93. The van der Waals surface area contributed by atoms with Crippen LogP contribution in [0.2, 0.25) is 0 Å². The van der Waals surface area contributed by atoms with Crippen molar-refractivity contribution in [1.82, 2.24) is 14.8 Å². The molecular formula is C41H54N4OS. The van der Waals surface area contributed by atoms with E-state index in [9.17, 15) is 0 Å². The second-order valence-electron chi connectivity index (χ2n) is 14.7. The zero-order chi connectivity index (χ0) is 32.0. The molecule has 2 aromatic carbocycles. The molecule has 2 aromatic heterocycles. The molecule has 0 radical (unpaired) electrons. The molecule has 3 fully saturated rings. The van der Waals surface area contributed by atoms with E-state index >= 15 is 0 Å². The van der Waals surface area contributed by atoms with Crippen molar-refractivity contribution in [2.24, 2.45) is 17.8 Å². The van der Waals surface area contributed by atoms with Crippen LogP contribution in [0.3, 0.4) is 0 Å². The average Bonchev–Trinajstić information content (AvgIpc) is 3.78. The molecule has 2 saturated heterocycles. The number of anilines is 1. The molecular weight excluding hydrogens is 597 g/mol. The van der Waals surface area contributed by atoms with Gasteiger partial charge in [-0.05, 0) is 125 Å². The maximum atomic E-state index is 7.09. The summed E-state index contributed by atoms with van der Waals surface area (Å²) in [6.45, 7) is 4.41. The van der Waals surface area contributed by atoms with Crippen molar-refractivity contribution in [3.63, 3.8) is 0 Å². The minimum Gasteiger partial charge on any atom is -0.423 e. The Balaban J connectivity index is 1.13. The van der Waals surface area contributed by atoms with E-state index in [0.29, 0.717) is 17.9 Å². The van der Waals surface area contributed by atoms with Crippen LogP contribution in [0, 0.1) is 17.8 Å². The van der Waals surface area contributed by atoms with E-state index in [2.05, 4.69) is 107 Å². The molecule has 0 amide bonds. The van der Waals surface area contributed by atoms with Crippen molar-refractivity contribution < 1.29 is 4.42 Å². The maximum absolute atomic E-state index is 7.09. The Labute approximate surface area is 287 Å². The van der Waals surface area contributed by atoms with Gasteiger partial charge in [-0.15, -0.1) is 11.3 Å². The van der Waals surface area contributed by atoms with Gasteiger partial charge in [0.15, 0.2) is 0 Å². The summed E-state index contributed by atoms with van der Waals surface area (Å²) in [5.74, 6) is 4.05. The molecule has 4 aromatic rings. The smallest absolute Gasteiger partial charge is 0.219 e. The Kier molecular flexibility index (Phi) is 10.8. The highest BCUT2D eigenvalue weighted by atomic mass is 32.1. The molecule has 1 saturated carbocycles. The number of hydrogen-bond acceptors (Lipinski definition) is 6. The molecule has 2 unspecified atom stereocenters. The van der Waals surface area contributed by atoms with Gasteiger partial charge in [-0.25, -0.2) is 4.98 Å². The number of benzene rings is 2. The van der Waals surface area contributed by atoms with E-state index < -0.39 is 0 Å². The Bertz CT molecular complexity index is 1480. The van der Waals surface area contributed by atoms with E-state index in [0.717, 1.165) is 56.0 Å². The molecule has 7 rings (SSSR count). The van der Waals surface area contributed by atoms with Crippen LogP contribution in [0.15, 0.2) is 82.6 Å². The van der Waals surface area contributed by atoms with E-state index in [1.807, 2.05) is 11.3 Å². The van der Waals surface area contributed by atoms with Crippen LogP contribution in [0.25, 0.3) is 0 Å². The molecule has 5 nitrogen and oxygen atoms in total. The maximum Gasteiger partial charge on any atom is 0.219 e. The molecule has 3 aliphatic rings. The summed E-state index contributed by atoms with van der Waals surface area (Å²) in [6.07, 6.45) is 13.4. The van der Waals surface area contributed by atoms with Gasteiger partial charge in [-0.3, -0.25) is 4.90 Å². The van der Waals surface area contributed by atoms with Crippen LogP contribution in [0.1, 0.15) is 97.5 Å². The highest BCUT2D eigenvalue weighted by molar-refractivity contribution is 7.10. The first-order chi connectivity index (χ1) is 23.1. The molecule has 2 atom stereocenters. The summed E-state index contributed by atoms with van der Waals surface area (Å²) < 4.78 is 7.09. The molecule has 4 heterocycles. The van der Waals surface area contributed by atoms with E-state index in [-0.39, 0.29) is 6.04 Å². The lowest BCUT2D eigenvalue weighted by Gasteiger charge is -2.42. The van der Waals surface area contributed by atoms with Gasteiger partial charge in [-0.2, -0.15) is 0 Å². The lowest BCUT2D eigenvalue weighted by atomic mass is 9.74. The summed E-state index contributed by atoms with van der Waals surface area (Å²) >= 11 is 1.92. The molecule has 1 aliphatic carbocycles. The standard InChI is InChI=1S/C41H54N4OS/c1-43(2)38(37-17-12-28-47-37)34-18-20-35(21-19-34)39(44-24-10-5-11-25-44)40-42-36(30-32-15-8-4-9-16-32)41(46-40)45-26-22-33(23-27-45)29-31-13-6-3-7-14-31/h3-4,6-9,12-17,28,33-35,38-39H,5,10-11,18-27,29-30H2,1-2H3. The second kappa shape index (κ2) is 15.5. The van der Waals surface area contributed by atoms with Crippen LogP contribution < -0.4 is 4.90 Å². The quantitative estimate of drug-likeness (QED) is 0.162. The number of hydrogen-bond donors (Lipinski definition) is 0. The fraction of sp³-hybridized carbons (Fsp3) is 0.537. The molecule has 6 heteroatoms. The molecule has 250 valence electrons. The van der Waals surface area contributed by atoms with Gasteiger partial charge in [0.1, 0.15) is 5.69 Å². The Morgan fingerprint density at radius 3 is 2.06 bits per heavy atom. The monoisotopic (exact) mass is 650 g/mol. The normalized spacial score (nSPS) is 22.8. The van der Waals surface area contributed by atoms with Gasteiger partial charge in [0, 0.05) is 30.4 Å². The minimum atomic E-state index is 0.273. The highest BCUT2D eigenvalue weighted by Crippen LogP contribution is 2.47.